The van der Waals surface area contributed by atoms with Crippen LogP contribution in [0.15, 0.2) is 0 Å². The van der Waals surface area contributed by atoms with Crippen LogP contribution in [-0.4, -0.2) is 31.6 Å². The average molecular weight is 344 g/mol. The first-order valence-electron chi connectivity index (χ1n) is 9.79. The number of carbonyl (C=O) groups is 2. The molecule has 1 aliphatic rings. The van der Waals surface area contributed by atoms with Crippen molar-refractivity contribution in [3.8, 4) is 0 Å². The molecule has 1 aliphatic heterocycles. The standard InChI is InChI=1S/C12H22O4.C7H15N/c13-11(14)9-7-5-3-1-2-4-6-8-10-12(15)16;1-2-8-6-4-3-5-7-8/h1-10H2,(H,13,14)(H,15,16);2-7H2,1H3. The Morgan fingerprint density at radius 1 is 0.750 bits per heavy atom. The lowest BCUT2D eigenvalue weighted by molar-refractivity contribution is -0.903. The van der Waals surface area contributed by atoms with Crippen LogP contribution in [0.3, 0.4) is 0 Å². The number of aliphatic carboxylic acids is 2. The van der Waals surface area contributed by atoms with Gasteiger partial charge in [0.1, 0.15) is 0 Å². The van der Waals surface area contributed by atoms with E-state index in [0.29, 0.717) is 12.8 Å². The number of quaternary nitrogens is 1. The second kappa shape index (κ2) is 16.7. The molecule has 0 atom stereocenters. The lowest BCUT2D eigenvalue weighted by Crippen LogP contribution is -3.12. The number of carbonyl (C=O) groups excluding carboxylic acids is 2. The minimum atomic E-state index is -0.970. The fourth-order valence-electron chi connectivity index (χ4n) is 3.00. The zero-order chi connectivity index (χ0) is 18.0. The Morgan fingerprint density at radius 3 is 1.42 bits per heavy atom. The third kappa shape index (κ3) is 17.3. The molecule has 1 heterocycles. The summed E-state index contributed by atoms with van der Waals surface area (Å²) in [6, 6.07) is 0. The van der Waals surface area contributed by atoms with E-state index in [4.69, 9.17) is 0 Å². The highest BCUT2D eigenvalue weighted by Gasteiger charge is 2.09. The third-order valence-electron chi connectivity index (χ3n) is 4.57. The molecule has 0 amide bonds. The van der Waals surface area contributed by atoms with Crippen LogP contribution in [0, 0.1) is 0 Å². The van der Waals surface area contributed by atoms with E-state index in [2.05, 4.69) is 6.92 Å². The molecule has 0 spiro atoms. The van der Waals surface area contributed by atoms with Crippen molar-refractivity contribution < 1.29 is 26.1 Å². The topological polar surface area (TPSA) is 84.7 Å². The Labute approximate surface area is 148 Å². The summed E-state index contributed by atoms with van der Waals surface area (Å²) in [6.45, 7) is 6.47. The quantitative estimate of drug-likeness (QED) is 0.525. The average Bonchev–Trinajstić information content (AvgIpc) is 2.57. The van der Waals surface area contributed by atoms with Gasteiger partial charge in [0.25, 0.3) is 0 Å². The van der Waals surface area contributed by atoms with Crippen molar-refractivity contribution in [2.75, 3.05) is 19.6 Å². The molecule has 1 saturated heterocycles. The van der Waals surface area contributed by atoms with Crippen LogP contribution in [0.1, 0.15) is 91.8 Å². The van der Waals surface area contributed by atoms with Gasteiger partial charge in [0.2, 0.25) is 0 Å². The summed E-state index contributed by atoms with van der Waals surface area (Å²) in [7, 11) is 0. The number of rotatable bonds is 12. The summed E-state index contributed by atoms with van der Waals surface area (Å²) in [5, 5.41) is 20.2. The minimum Gasteiger partial charge on any atom is -0.550 e. The van der Waals surface area contributed by atoms with Crippen LogP contribution >= 0.6 is 0 Å². The monoisotopic (exact) mass is 343 g/mol. The maximum absolute atomic E-state index is 10.1. The molecule has 5 nitrogen and oxygen atoms in total. The van der Waals surface area contributed by atoms with Gasteiger partial charge in [-0.2, -0.15) is 0 Å². The summed E-state index contributed by atoms with van der Waals surface area (Å²) >= 11 is 0. The Balaban J connectivity index is 0. The molecule has 5 heteroatoms. The SMILES string of the molecule is CC[NH+]1CCCCC1.O=C([O-])CCCCCCCCCCC(=O)[O-].[H+]. The Morgan fingerprint density at radius 2 is 1.12 bits per heavy atom. The van der Waals surface area contributed by atoms with Gasteiger partial charge in [-0.15, -0.1) is 0 Å². The van der Waals surface area contributed by atoms with Crippen molar-refractivity contribution >= 4 is 11.9 Å². The fraction of sp³-hybridized carbons (Fsp3) is 0.895. The molecule has 0 unspecified atom stereocenters. The summed E-state index contributed by atoms with van der Waals surface area (Å²) in [6.07, 6.45) is 12.3. The molecular weight excluding hydrogens is 306 g/mol. The van der Waals surface area contributed by atoms with Gasteiger partial charge in [-0.25, -0.2) is 0 Å². The van der Waals surface area contributed by atoms with Crippen LogP contribution in [0.25, 0.3) is 0 Å². The summed E-state index contributed by atoms with van der Waals surface area (Å²) in [5.74, 6) is -1.94. The third-order valence-corrected chi connectivity index (χ3v) is 4.57. The molecule has 0 aromatic carbocycles. The van der Waals surface area contributed by atoms with Crippen LogP contribution in [0.4, 0.5) is 0 Å². The van der Waals surface area contributed by atoms with E-state index in [9.17, 15) is 19.8 Å². The van der Waals surface area contributed by atoms with E-state index >= 15 is 0 Å². The van der Waals surface area contributed by atoms with E-state index in [1.807, 2.05) is 0 Å². The number of hydrogen-bond acceptors (Lipinski definition) is 4. The van der Waals surface area contributed by atoms with Crippen molar-refractivity contribution in [3.63, 3.8) is 0 Å². The van der Waals surface area contributed by atoms with E-state index in [-0.39, 0.29) is 14.3 Å². The van der Waals surface area contributed by atoms with Crippen molar-refractivity contribution in [3.05, 3.63) is 0 Å². The van der Waals surface area contributed by atoms with Crippen LogP contribution in [-0.2, 0) is 9.59 Å². The molecule has 0 bridgehead atoms. The number of piperidine rings is 1. The molecule has 1 N–H and O–H groups in total. The molecule has 1 rings (SSSR count). The number of hydrogen-bond donors (Lipinski definition) is 1. The Bertz CT molecular complexity index is 299. The number of nitrogens with one attached hydrogen (secondary N) is 1. The van der Waals surface area contributed by atoms with Gasteiger partial charge in [0.05, 0.1) is 19.6 Å². The predicted molar refractivity (Wildman–Crippen MR) is 92.4 cm³/mol. The molecule has 0 aliphatic carbocycles. The first-order valence-corrected chi connectivity index (χ1v) is 9.79. The lowest BCUT2D eigenvalue weighted by Gasteiger charge is -2.21. The van der Waals surface area contributed by atoms with E-state index < -0.39 is 11.9 Å². The first kappa shape index (κ1) is 22.9. The maximum Gasteiger partial charge on any atom is 1.00 e. The largest absolute Gasteiger partial charge is 1.00 e. The fourth-order valence-corrected chi connectivity index (χ4v) is 3.00. The number of carboxylic acids is 2. The second-order valence-corrected chi connectivity index (χ2v) is 6.74. The van der Waals surface area contributed by atoms with Crippen molar-refractivity contribution in [2.24, 2.45) is 0 Å². The van der Waals surface area contributed by atoms with Gasteiger partial charge in [-0.3, -0.25) is 0 Å². The highest BCUT2D eigenvalue weighted by molar-refractivity contribution is 5.64. The maximum atomic E-state index is 10.1. The van der Waals surface area contributed by atoms with Crippen molar-refractivity contribution in [1.29, 1.82) is 0 Å². The highest BCUT2D eigenvalue weighted by Crippen LogP contribution is 2.10. The Kier molecular flexibility index (Phi) is 16.0. The molecule has 0 radical (unpaired) electrons. The first-order chi connectivity index (χ1) is 11.6. The van der Waals surface area contributed by atoms with Gasteiger partial charge < -0.3 is 24.7 Å². The highest BCUT2D eigenvalue weighted by atomic mass is 16.4. The zero-order valence-corrected chi connectivity index (χ0v) is 15.4. The number of unbranched alkanes of at least 4 members (excludes halogenated alkanes) is 7. The van der Waals surface area contributed by atoms with Crippen LogP contribution in [0.2, 0.25) is 0 Å². The van der Waals surface area contributed by atoms with Crippen LogP contribution in [0.5, 0.6) is 0 Å². The molecule has 142 valence electrons. The lowest BCUT2D eigenvalue weighted by atomic mass is 10.1. The van der Waals surface area contributed by atoms with Gasteiger partial charge in [0, 0.05) is 11.9 Å². The molecule has 0 saturated carbocycles. The molecular formula is C19H37NO4. The smallest absolute Gasteiger partial charge is 0.550 e. The predicted octanol–water partition coefficient (Wildman–Crippen LogP) is 0.575. The van der Waals surface area contributed by atoms with Crippen LogP contribution < -0.4 is 15.1 Å². The molecule has 24 heavy (non-hydrogen) atoms. The molecule has 0 aromatic rings. The van der Waals surface area contributed by atoms with E-state index in [0.717, 1.165) is 38.5 Å². The zero-order valence-electron chi connectivity index (χ0n) is 16.4. The minimum absolute atomic E-state index is 0. The summed E-state index contributed by atoms with van der Waals surface area (Å²) in [5.41, 5.74) is 0. The molecule has 0 aromatic heterocycles. The Hall–Kier alpha value is -1.10. The second-order valence-electron chi connectivity index (χ2n) is 6.74. The number of carboxylic acid groups (broad SMARTS) is 2. The van der Waals surface area contributed by atoms with Crippen molar-refractivity contribution in [2.45, 2.75) is 90.4 Å². The van der Waals surface area contributed by atoms with E-state index in [1.165, 1.54) is 38.9 Å². The summed E-state index contributed by atoms with van der Waals surface area (Å²) < 4.78 is 0. The van der Waals surface area contributed by atoms with E-state index in [1.54, 1.807) is 4.90 Å². The molecule has 1 fully saturated rings. The number of likely N-dealkylation sites (tertiary alicyclic amines) is 1. The normalized spacial score (nSPS) is 14.7. The van der Waals surface area contributed by atoms with Gasteiger partial charge in [-0.05, 0) is 51.9 Å². The summed E-state index contributed by atoms with van der Waals surface area (Å²) in [4.78, 5) is 22.0. The van der Waals surface area contributed by atoms with Gasteiger partial charge in [-0.1, -0.05) is 38.5 Å². The van der Waals surface area contributed by atoms with Gasteiger partial charge in [0.15, 0.2) is 0 Å². The van der Waals surface area contributed by atoms with Gasteiger partial charge >= 0.3 is 1.43 Å². The van der Waals surface area contributed by atoms with Crippen molar-refractivity contribution in [1.82, 2.24) is 0 Å².